The fraction of sp³-hybridized carbons (Fsp3) is 0.611. The van der Waals surface area contributed by atoms with Crippen molar-refractivity contribution in [3.05, 3.63) is 34.9 Å². The van der Waals surface area contributed by atoms with Crippen LogP contribution in [0.15, 0.2) is 29.3 Å². The fourth-order valence-electron chi connectivity index (χ4n) is 3.56. The number of aliphatic imine (C=N–C) groups is 1. The number of nitrogens with one attached hydrogen (secondary N) is 1. The average molecular weight is 463 g/mol. The monoisotopic (exact) mass is 462 g/mol. The van der Waals surface area contributed by atoms with Gasteiger partial charge < -0.3 is 11.1 Å². The quantitative estimate of drug-likeness (QED) is 0.387. The van der Waals surface area contributed by atoms with E-state index in [1.54, 1.807) is 0 Å². The van der Waals surface area contributed by atoms with Gasteiger partial charge in [-0.2, -0.15) is 0 Å². The van der Waals surface area contributed by atoms with E-state index >= 15 is 0 Å². The Hall–Kier alpha value is -0.530. The highest BCUT2D eigenvalue weighted by Gasteiger charge is 2.44. The molecule has 6 heteroatoms. The van der Waals surface area contributed by atoms with E-state index in [1.165, 1.54) is 24.9 Å². The molecule has 3 rings (SSSR count). The molecule has 1 atom stereocenters. The van der Waals surface area contributed by atoms with Gasteiger partial charge in [-0.3, -0.25) is 9.89 Å². The van der Waals surface area contributed by atoms with Gasteiger partial charge in [-0.1, -0.05) is 30.7 Å². The molecule has 1 aliphatic carbocycles. The lowest BCUT2D eigenvalue weighted by Crippen LogP contribution is -2.43. The summed E-state index contributed by atoms with van der Waals surface area (Å²) in [5, 5.41) is 4.11. The van der Waals surface area contributed by atoms with Crippen molar-refractivity contribution in [2.45, 2.75) is 44.1 Å². The average Bonchev–Trinajstić information content (AvgIpc) is 3.21. The molecule has 2 fully saturated rings. The van der Waals surface area contributed by atoms with E-state index in [0.29, 0.717) is 12.0 Å². The van der Waals surface area contributed by atoms with Crippen LogP contribution in [0, 0.1) is 0 Å². The highest BCUT2D eigenvalue weighted by atomic mass is 127. The number of hydrogen-bond acceptors (Lipinski definition) is 2. The van der Waals surface area contributed by atoms with Crippen molar-refractivity contribution in [2.24, 2.45) is 10.7 Å². The van der Waals surface area contributed by atoms with Crippen molar-refractivity contribution < 1.29 is 0 Å². The number of rotatable bonds is 6. The molecular weight excluding hydrogens is 435 g/mol. The fourth-order valence-corrected chi connectivity index (χ4v) is 3.76. The van der Waals surface area contributed by atoms with E-state index in [2.05, 4.69) is 34.3 Å². The van der Waals surface area contributed by atoms with Gasteiger partial charge in [-0.25, -0.2) is 0 Å². The van der Waals surface area contributed by atoms with E-state index < -0.39 is 0 Å². The molecular formula is C18H28ClIN4. The summed E-state index contributed by atoms with van der Waals surface area (Å²) in [5.74, 6) is 0.571. The highest BCUT2D eigenvalue weighted by Crippen LogP contribution is 2.48. The van der Waals surface area contributed by atoms with Gasteiger partial charge in [0.05, 0.1) is 6.54 Å². The first-order valence-corrected chi connectivity index (χ1v) is 9.05. The predicted octanol–water partition coefficient (Wildman–Crippen LogP) is 3.38. The Morgan fingerprint density at radius 3 is 2.92 bits per heavy atom. The number of halogens is 2. The van der Waals surface area contributed by atoms with Crippen molar-refractivity contribution in [3.8, 4) is 0 Å². The Kier molecular flexibility index (Phi) is 7.19. The zero-order valence-electron chi connectivity index (χ0n) is 14.3. The number of likely N-dealkylation sites (tertiary alicyclic amines) is 1. The van der Waals surface area contributed by atoms with Crippen LogP contribution in [0.25, 0.3) is 0 Å². The molecule has 1 aromatic carbocycles. The lowest BCUT2D eigenvalue weighted by atomic mass is 9.96. The summed E-state index contributed by atoms with van der Waals surface area (Å²) in [4.78, 5) is 7.11. The van der Waals surface area contributed by atoms with E-state index in [1.807, 2.05) is 12.1 Å². The van der Waals surface area contributed by atoms with E-state index in [4.69, 9.17) is 17.3 Å². The van der Waals surface area contributed by atoms with Crippen molar-refractivity contribution >= 4 is 41.5 Å². The lowest BCUT2D eigenvalue weighted by Gasteiger charge is -2.23. The summed E-state index contributed by atoms with van der Waals surface area (Å²) in [6.45, 7) is 6.18. The van der Waals surface area contributed by atoms with E-state index in [9.17, 15) is 0 Å². The summed E-state index contributed by atoms with van der Waals surface area (Å²) < 4.78 is 0. The molecule has 24 heavy (non-hydrogen) atoms. The van der Waals surface area contributed by atoms with Crippen LogP contribution >= 0.6 is 35.6 Å². The molecule has 0 bridgehead atoms. The maximum absolute atomic E-state index is 6.11. The SMILES string of the molecule is CCN1CCCC1CNC(N)=NCC1(c2cccc(Cl)c2)CC1.I. The molecule has 3 N–H and O–H groups in total. The Morgan fingerprint density at radius 1 is 1.46 bits per heavy atom. The zero-order valence-corrected chi connectivity index (χ0v) is 17.4. The highest BCUT2D eigenvalue weighted by molar-refractivity contribution is 14.0. The second kappa shape index (κ2) is 8.72. The van der Waals surface area contributed by atoms with Gasteiger partial charge in [0.2, 0.25) is 0 Å². The Balaban J connectivity index is 0.00000208. The van der Waals surface area contributed by atoms with Gasteiger partial charge in [0, 0.05) is 23.0 Å². The van der Waals surface area contributed by atoms with Crippen LogP contribution in [-0.2, 0) is 5.41 Å². The molecule has 0 aromatic heterocycles. The Bertz CT molecular complexity index is 574. The maximum atomic E-state index is 6.11. The van der Waals surface area contributed by atoms with Gasteiger partial charge in [-0.05, 0) is 56.5 Å². The van der Waals surface area contributed by atoms with E-state index in [-0.39, 0.29) is 29.4 Å². The first kappa shape index (κ1) is 19.8. The van der Waals surface area contributed by atoms with Crippen molar-refractivity contribution in [1.82, 2.24) is 10.2 Å². The number of benzene rings is 1. The maximum Gasteiger partial charge on any atom is 0.188 e. The zero-order chi connectivity index (χ0) is 16.3. The molecule has 1 unspecified atom stereocenters. The number of guanidine groups is 1. The van der Waals surface area contributed by atoms with Crippen LogP contribution in [0.1, 0.15) is 38.2 Å². The number of nitrogens with two attached hydrogens (primary N) is 1. The topological polar surface area (TPSA) is 53.6 Å². The molecule has 1 saturated carbocycles. The molecule has 0 amide bonds. The van der Waals surface area contributed by atoms with Crippen LogP contribution in [0.2, 0.25) is 5.02 Å². The third kappa shape index (κ3) is 4.76. The second-order valence-corrected chi connectivity index (χ2v) is 7.23. The third-order valence-corrected chi connectivity index (χ3v) is 5.50. The standard InChI is InChI=1S/C18H27ClN4.HI/c1-2-23-10-4-7-16(23)12-21-17(20)22-13-18(8-9-18)14-5-3-6-15(19)11-14;/h3,5-6,11,16H,2,4,7-10,12-13H2,1H3,(H3,20,21,22);1H. The van der Waals surface area contributed by atoms with Crippen molar-refractivity contribution in [1.29, 1.82) is 0 Å². The predicted molar refractivity (Wildman–Crippen MR) is 113 cm³/mol. The lowest BCUT2D eigenvalue weighted by molar-refractivity contribution is 0.267. The summed E-state index contributed by atoms with van der Waals surface area (Å²) >= 11 is 6.11. The molecule has 0 radical (unpaired) electrons. The molecule has 4 nitrogen and oxygen atoms in total. The molecule has 1 aliphatic heterocycles. The molecule has 134 valence electrons. The van der Waals surface area contributed by atoms with Crippen molar-refractivity contribution in [3.63, 3.8) is 0 Å². The van der Waals surface area contributed by atoms with Crippen LogP contribution in [0.4, 0.5) is 0 Å². The van der Waals surface area contributed by atoms with Gasteiger partial charge in [0.15, 0.2) is 5.96 Å². The first-order valence-electron chi connectivity index (χ1n) is 8.67. The summed E-state index contributed by atoms with van der Waals surface area (Å²) in [6.07, 6.45) is 4.86. The van der Waals surface area contributed by atoms with E-state index in [0.717, 1.165) is 37.5 Å². The van der Waals surface area contributed by atoms with Gasteiger partial charge in [0.25, 0.3) is 0 Å². The van der Waals surface area contributed by atoms with Crippen molar-refractivity contribution in [2.75, 3.05) is 26.2 Å². The van der Waals surface area contributed by atoms with Gasteiger partial charge in [-0.15, -0.1) is 24.0 Å². The smallest absolute Gasteiger partial charge is 0.188 e. The number of nitrogens with zero attached hydrogens (tertiary/aromatic N) is 2. The summed E-state index contributed by atoms with van der Waals surface area (Å²) in [6, 6.07) is 8.74. The number of hydrogen-bond donors (Lipinski definition) is 2. The largest absolute Gasteiger partial charge is 0.370 e. The minimum Gasteiger partial charge on any atom is -0.370 e. The van der Waals surface area contributed by atoms with Gasteiger partial charge >= 0.3 is 0 Å². The molecule has 1 heterocycles. The summed E-state index contributed by atoms with van der Waals surface area (Å²) in [7, 11) is 0. The first-order chi connectivity index (χ1) is 11.1. The Morgan fingerprint density at radius 2 is 2.25 bits per heavy atom. The van der Waals surface area contributed by atoms with Gasteiger partial charge in [0.1, 0.15) is 0 Å². The minimum absolute atomic E-state index is 0. The third-order valence-electron chi connectivity index (χ3n) is 5.27. The molecule has 1 aromatic rings. The normalized spacial score (nSPS) is 22.9. The molecule has 0 spiro atoms. The van der Waals surface area contributed by atoms with Crippen LogP contribution in [0.3, 0.4) is 0 Å². The van der Waals surface area contributed by atoms with Crippen LogP contribution in [-0.4, -0.2) is 43.1 Å². The molecule has 2 aliphatic rings. The summed E-state index contributed by atoms with van der Waals surface area (Å²) in [5.41, 5.74) is 7.52. The minimum atomic E-state index is 0. The molecule has 1 saturated heterocycles. The Labute approximate surface area is 167 Å². The van der Waals surface area contributed by atoms with Crippen LogP contribution < -0.4 is 11.1 Å². The second-order valence-electron chi connectivity index (χ2n) is 6.80. The van der Waals surface area contributed by atoms with Crippen LogP contribution in [0.5, 0.6) is 0 Å². The number of likely N-dealkylation sites (N-methyl/N-ethyl adjacent to an activating group) is 1.